The maximum atomic E-state index is 12.7. The lowest BCUT2D eigenvalue weighted by Crippen LogP contribution is -2.06. The average Bonchev–Trinajstić information content (AvgIpc) is 2.36. The summed E-state index contributed by atoms with van der Waals surface area (Å²) < 4.78 is 21.9. The molecule has 0 spiro atoms. The summed E-state index contributed by atoms with van der Waals surface area (Å²) in [6.45, 7) is 2.14. The van der Waals surface area contributed by atoms with Crippen LogP contribution in [0, 0.1) is 5.82 Å². The molecule has 1 aromatic carbocycles. The Morgan fingerprint density at radius 3 is 2.53 bits per heavy atom. The molecule has 3 nitrogen and oxygen atoms in total. The van der Waals surface area contributed by atoms with Gasteiger partial charge in [-0.3, -0.25) is 0 Å². The first-order valence-electron chi connectivity index (χ1n) is 5.31. The molecule has 0 aliphatic carbocycles. The summed E-state index contributed by atoms with van der Waals surface area (Å²) in [5.41, 5.74) is 1.80. The number of carbonyl (C=O) groups excluding carboxylic acids is 1. The van der Waals surface area contributed by atoms with Crippen molar-refractivity contribution in [3.8, 4) is 0 Å². The van der Waals surface area contributed by atoms with Crippen molar-refractivity contribution in [2.75, 3.05) is 13.7 Å². The number of methoxy groups -OCH3 is 1. The molecule has 0 amide bonds. The summed E-state index contributed by atoms with van der Waals surface area (Å²) >= 11 is 0. The SMILES string of the molecule is CC/C(=C\c1ccc(F)cc1)COC(=O)OC. The smallest absolute Gasteiger partial charge is 0.438 e. The molecule has 0 aliphatic heterocycles. The van der Waals surface area contributed by atoms with Crippen LogP contribution in [0.3, 0.4) is 0 Å². The van der Waals surface area contributed by atoms with Crippen molar-refractivity contribution < 1.29 is 18.7 Å². The van der Waals surface area contributed by atoms with Crippen molar-refractivity contribution in [1.82, 2.24) is 0 Å². The minimum Gasteiger partial charge on any atom is -0.438 e. The van der Waals surface area contributed by atoms with Crippen LogP contribution in [0.4, 0.5) is 9.18 Å². The Morgan fingerprint density at radius 2 is 2.00 bits per heavy atom. The van der Waals surface area contributed by atoms with Gasteiger partial charge in [0.2, 0.25) is 0 Å². The molecule has 0 atom stereocenters. The third-order valence-electron chi connectivity index (χ3n) is 2.24. The van der Waals surface area contributed by atoms with Crippen LogP contribution in [-0.4, -0.2) is 19.9 Å². The highest BCUT2D eigenvalue weighted by atomic mass is 19.1. The van der Waals surface area contributed by atoms with Gasteiger partial charge in [-0.05, 0) is 29.7 Å². The van der Waals surface area contributed by atoms with Crippen LogP contribution in [0.2, 0.25) is 0 Å². The van der Waals surface area contributed by atoms with Crippen LogP contribution >= 0.6 is 0 Å². The van der Waals surface area contributed by atoms with Gasteiger partial charge in [-0.25, -0.2) is 9.18 Å². The predicted octanol–water partition coefficient (Wildman–Crippen LogP) is 3.40. The zero-order valence-corrected chi connectivity index (χ0v) is 9.90. The Bertz CT molecular complexity index is 396. The van der Waals surface area contributed by atoms with E-state index in [2.05, 4.69) is 4.74 Å². The van der Waals surface area contributed by atoms with Crippen LogP contribution in [-0.2, 0) is 9.47 Å². The molecule has 0 bridgehead atoms. The van der Waals surface area contributed by atoms with E-state index in [0.717, 1.165) is 17.6 Å². The van der Waals surface area contributed by atoms with Crippen molar-refractivity contribution in [2.45, 2.75) is 13.3 Å². The van der Waals surface area contributed by atoms with E-state index in [1.54, 1.807) is 12.1 Å². The lowest BCUT2D eigenvalue weighted by atomic mass is 10.1. The molecule has 0 unspecified atom stereocenters. The van der Waals surface area contributed by atoms with Crippen LogP contribution in [0.15, 0.2) is 29.8 Å². The fourth-order valence-electron chi connectivity index (χ4n) is 1.25. The number of ether oxygens (including phenoxy) is 2. The van der Waals surface area contributed by atoms with E-state index in [9.17, 15) is 9.18 Å². The highest BCUT2D eigenvalue weighted by Gasteiger charge is 2.02. The van der Waals surface area contributed by atoms with Crippen LogP contribution < -0.4 is 0 Å². The van der Waals surface area contributed by atoms with E-state index in [4.69, 9.17) is 4.74 Å². The molecule has 0 aliphatic rings. The van der Waals surface area contributed by atoms with E-state index < -0.39 is 6.16 Å². The van der Waals surface area contributed by atoms with E-state index in [-0.39, 0.29) is 12.4 Å². The standard InChI is InChI=1S/C13H15FO3/c1-3-10(9-17-13(15)16-2)8-11-4-6-12(14)7-5-11/h4-8H,3,9H2,1-2H3/b10-8+. The van der Waals surface area contributed by atoms with E-state index in [1.165, 1.54) is 19.2 Å². The Balaban J connectivity index is 2.66. The van der Waals surface area contributed by atoms with Gasteiger partial charge in [0.1, 0.15) is 12.4 Å². The Hall–Kier alpha value is -1.84. The first-order valence-corrected chi connectivity index (χ1v) is 5.31. The molecule has 17 heavy (non-hydrogen) atoms. The summed E-state index contributed by atoms with van der Waals surface area (Å²) in [5.74, 6) is -0.272. The van der Waals surface area contributed by atoms with Crippen molar-refractivity contribution in [3.05, 3.63) is 41.2 Å². The van der Waals surface area contributed by atoms with Crippen molar-refractivity contribution in [2.24, 2.45) is 0 Å². The van der Waals surface area contributed by atoms with Gasteiger partial charge in [-0.15, -0.1) is 0 Å². The third kappa shape index (κ3) is 4.68. The van der Waals surface area contributed by atoms with Gasteiger partial charge in [-0.1, -0.05) is 25.1 Å². The lowest BCUT2D eigenvalue weighted by molar-refractivity contribution is 0.0796. The summed E-state index contributed by atoms with van der Waals surface area (Å²) in [6.07, 6.45) is 1.90. The van der Waals surface area contributed by atoms with E-state index in [1.807, 2.05) is 13.0 Å². The molecule has 0 radical (unpaired) electrons. The quantitative estimate of drug-likeness (QED) is 0.754. The molecule has 1 rings (SSSR count). The number of hydrogen-bond acceptors (Lipinski definition) is 3. The first kappa shape index (κ1) is 13.2. The average molecular weight is 238 g/mol. The summed E-state index contributed by atoms with van der Waals surface area (Å²) in [6, 6.07) is 6.12. The number of carbonyl (C=O) groups is 1. The van der Waals surface area contributed by atoms with Gasteiger partial charge in [0.05, 0.1) is 7.11 Å². The van der Waals surface area contributed by atoms with Crippen LogP contribution in [0.5, 0.6) is 0 Å². The minimum absolute atomic E-state index is 0.181. The fourth-order valence-corrected chi connectivity index (χ4v) is 1.25. The van der Waals surface area contributed by atoms with Gasteiger partial charge in [-0.2, -0.15) is 0 Å². The van der Waals surface area contributed by atoms with Gasteiger partial charge in [0, 0.05) is 0 Å². The first-order chi connectivity index (χ1) is 8.15. The Kier molecular flexibility index (Phi) is 5.20. The minimum atomic E-state index is -0.705. The van der Waals surface area contributed by atoms with Gasteiger partial charge < -0.3 is 9.47 Å². The number of halogens is 1. The number of hydrogen-bond donors (Lipinski definition) is 0. The molecular formula is C13H15FO3. The molecule has 0 fully saturated rings. The maximum Gasteiger partial charge on any atom is 0.508 e. The summed E-state index contributed by atoms with van der Waals surface area (Å²) in [7, 11) is 1.26. The van der Waals surface area contributed by atoms with Gasteiger partial charge >= 0.3 is 6.16 Å². The highest BCUT2D eigenvalue weighted by Crippen LogP contribution is 2.11. The fraction of sp³-hybridized carbons (Fsp3) is 0.308. The number of rotatable bonds is 4. The monoisotopic (exact) mass is 238 g/mol. The highest BCUT2D eigenvalue weighted by molar-refractivity contribution is 5.60. The number of benzene rings is 1. The molecular weight excluding hydrogens is 223 g/mol. The predicted molar refractivity (Wildman–Crippen MR) is 63.0 cm³/mol. The summed E-state index contributed by atoms with van der Waals surface area (Å²) in [5, 5.41) is 0. The van der Waals surface area contributed by atoms with Crippen molar-refractivity contribution >= 4 is 12.2 Å². The molecule has 0 heterocycles. The van der Waals surface area contributed by atoms with Crippen LogP contribution in [0.1, 0.15) is 18.9 Å². The Labute approximate surface area is 99.9 Å². The van der Waals surface area contributed by atoms with E-state index in [0.29, 0.717) is 0 Å². The molecule has 0 saturated carbocycles. The zero-order chi connectivity index (χ0) is 12.7. The van der Waals surface area contributed by atoms with Crippen molar-refractivity contribution in [3.63, 3.8) is 0 Å². The molecule has 0 N–H and O–H groups in total. The zero-order valence-electron chi connectivity index (χ0n) is 9.90. The molecule has 0 aromatic heterocycles. The Morgan fingerprint density at radius 1 is 1.35 bits per heavy atom. The largest absolute Gasteiger partial charge is 0.508 e. The van der Waals surface area contributed by atoms with Gasteiger partial charge in [0.15, 0.2) is 0 Å². The molecule has 1 aromatic rings. The van der Waals surface area contributed by atoms with Gasteiger partial charge in [0.25, 0.3) is 0 Å². The van der Waals surface area contributed by atoms with Crippen molar-refractivity contribution in [1.29, 1.82) is 0 Å². The second-order valence-corrected chi connectivity index (χ2v) is 3.45. The molecule has 92 valence electrons. The normalized spacial score (nSPS) is 11.1. The van der Waals surface area contributed by atoms with E-state index >= 15 is 0 Å². The topological polar surface area (TPSA) is 35.5 Å². The maximum absolute atomic E-state index is 12.7. The lowest BCUT2D eigenvalue weighted by Gasteiger charge is -2.06. The second-order valence-electron chi connectivity index (χ2n) is 3.45. The second kappa shape index (κ2) is 6.68. The molecule has 0 saturated heterocycles. The third-order valence-corrected chi connectivity index (χ3v) is 2.24. The summed E-state index contributed by atoms with van der Waals surface area (Å²) in [4.78, 5) is 10.8. The molecule has 4 heteroatoms. The van der Waals surface area contributed by atoms with Crippen LogP contribution in [0.25, 0.3) is 6.08 Å².